The van der Waals surface area contributed by atoms with E-state index in [1.54, 1.807) is 32.9 Å². The fourth-order valence-corrected chi connectivity index (χ4v) is 3.90. The summed E-state index contributed by atoms with van der Waals surface area (Å²) in [4.78, 5) is 42.6. The maximum absolute atomic E-state index is 12.8. The average molecular weight is 505 g/mol. The highest BCUT2D eigenvalue weighted by Gasteiger charge is 2.36. The molecule has 1 aromatic carbocycles. The van der Waals surface area contributed by atoms with Crippen LogP contribution >= 0.6 is 31.9 Å². The summed E-state index contributed by atoms with van der Waals surface area (Å²) in [6, 6.07) is 2.77. The first kappa shape index (κ1) is 21.8. The minimum absolute atomic E-state index is 0.323. The van der Waals surface area contributed by atoms with Crippen molar-refractivity contribution >= 4 is 55.3 Å². The van der Waals surface area contributed by atoms with Crippen molar-refractivity contribution in [3.8, 4) is 0 Å². The van der Waals surface area contributed by atoms with Gasteiger partial charge in [0.2, 0.25) is 5.91 Å². The number of nitrogens with zero attached hydrogens (tertiary/aromatic N) is 1. The molecular formula is C18H23Br2N3O4. The summed E-state index contributed by atoms with van der Waals surface area (Å²) >= 11 is 6.73. The first-order valence-corrected chi connectivity index (χ1v) is 10.1. The highest BCUT2D eigenvalue weighted by Crippen LogP contribution is 2.32. The summed E-state index contributed by atoms with van der Waals surface area (Å²) in [5.41, 5.74) is 0.0324. The summed E-state index contributed by atoms with van der Waals surface area (Å²) in [5, 5.41) is 6.79. The maximum atomic E-state index is 12.8. The number of hydroxylamine groups is 2. The molecule has 0 aliphatic carbocycles. The van der Waals surface area contributed by atoms with Crippen molar-refractivity contribution in [1.29, 1.82) is 0 Å². The fraction of sp³-hybridized carbons (Fsp3) is 0.500. The Bertz CT molecular complexity index is 762. The van der Waals surface area contributed by atoms with Crippen molar-refractivity contribution in [2.45, 2.75) is 39.7 Å². The number of nitrogens with one attached hydrogen (secondary N) is 2. The summed E-state index contributed by atoms with van der Waals surface area (Å²) in [6.45, 7) is 5.77. The number of carbonyl (C=O) groups is 3. The highest BCUT2D eigenvalue weighted by molar-refractivity contribution is 9.11. The summed E-state index contributed by atoms with van der Waals surface area (Å²) in [7, 11) is 1.52. The van der Waals surface area contributed by atoms with E-state index in [9.17, 15) is 14.4 Å². The van der Waals surface area contributed by atoms with Crippen LogP contribution in [0.3, 0.4) is 0 Å². The van der Waals surface area contributed by atoms with Crippen LogP contribution in [0.2, 0.25) is 0 Å². The largest absolute Gasteiger partial charge is 0.367 e. The molecule has 2 N–H and O–H groups in total. The maximum Gasteiger partial charge on any atom is 0.330 e. The molecule has 1 aromatic rings. The van der Waals surface area contributed by atoms with Gasteiger partial charge in [0.25, 0.3) is 5.91 Å². The van der Waals surface area contributed by atoms with E-state index in [0.717, 1.165) is 6.42 Å². The summed E-state index contributed by atoms with van der Waals surface area (Å²) < 4.78 is 1.27. The zero-order chi connectivity index (χ0) is 20.4. The third-order valence-electron chi connectivity index (χ3n) is 4.09. The van der Waals surface area contributed by atoms with Crippen LogP contribution in [0.5, 0.6) is 0 Å². The van der Waals surface area contributed by atoms with Gasteiger partial charge in [0.05, 0.1) is 16.7 Å². The van der Waals surface area contributed by atoms with Crippen LogP contribution in [0.4, 0.5) is 5.69 Å². The summed E-state index contributed by atoms with van der Waals surface area (Å²) in [5.74, 6) is -1.05. The van der Waals surface area contributed by atoms with Crippen LogP contribution < -0.4 is 10.6 Å². The average Bonchev–Trinajstić information content (AvgIpc) is 3.03. The molecule has 1 atom stereocenters. The van der Waals surface area contributed by atoms with E-state index in [2.05, 4.69) is 42.5 Å². The van der Waals surface area contributed by atoms with Gasteiger partial charge in [-0.05, 0) is 61.7 Å². The van der Waals surface area contributed by atoms with Crippen LogP contribution in [0, 0.1) is 5.41 Å². The molecule has 2 amide bonds. The van der Waals surface area contributed by atoms with Crippen molar-refractivity contribution in [1.82, 2.24) is 10.4 Å². The van der Waals surface area contributed by atoms with Gasteiger partial charge in [-0.1, -0.05) is 15.9 Å². The number of hydrogen-bond acceptors (Lipinski definition) is 5. The fourth-order valence-electron chi connectivity index (χ4n) is 2.58. The van der Waals surface area contributed by atoms with Gasteiger partial charge in [0.1, 0.15) is 6.04 Å². The lowest BCUT2D eigenvalue weighted by Crippen LogP contribution is -2.43. The Morgan fingerprint density at radius 2 is 1.89 bits per heavy atom. The van der Waals surface area contributed by atoms with E-state index < -0.39 is 17.4 Å². The van der Waals surface area contributed by atoms with Gasteiger partial charge in [-0.15, -0.1) is 5.06 Å². The summed E-state index contributed by atoms with van der Waals surface area (Å²) in [6.07, 6.45) is 1.30. The Hall–Kier alpha value is -1.45. The predicted molar refractivity (Wildman–Crippen MR) is 109 cm³/mol. The van der Waals surface area contributed by atoms with E-state index in [4.69, 9.17) is 4.84 Å². The number of benzene rings is 1. The van der Waals surface area contributed by atoms with Gasteiger partial charge < -0.3 is 15.5 Å². The van der Waals surface area contributed by atoms with E-state index in [-0.39, 0.29) is 11.8 Å². The molecule has 0 spiro atoms. The van der Waals surface area contributed by atoms with Crippen LogP contribution in [-0.2, 0) is 14.4 Å². The molecule has 1 aliphatic heterocycles. The minimum Gasteiger partial charge on any atom is -0.367 e. The van der Waals surface area contributed by atoms with Crippen molar-refractivity contribution in [3.05, 3.63) is 26.6 Å². The molecular weight excluding hydrogens is 482 g/mol. The van der Waals surface area contributed by atoms with Gasteiger partial charge in [-0.3, -0.25) is 9.59 Å². The van der Waals surface area contributed by atoms with E-state index in [1.807, 2.05) is 0 Å². The van der Waals surface area contributed by atoms with Crippen molar-refractivity contribution in [3.63, 3.8) is 0 Å². The third-order valence-corrected chi connectivity index (χ3v) is 5.18. The second-order valence-electron chi connectivity index (χ2n) is 7.31. The molecule has 1 fully saturated rings. The Kier molecular flexibility index (Phi) is 7.04. The van der Waals surface area contributed by atoms with Crippen molar-refractivity contribution < 1.29 is 19.2 Å². The molecule has 1 heterocycles. The van der Waals surface area contributed by atoms with Gasteiger partial charge >= 0.3 is 5.97 Å². The number of rotatable bonds is 4. The second-order valence-corrected chi connectivity index (χ2v) is 9.08. The van der Waals surface area contributed by atoms with E-state index >= 15 is 0 Å². The first-order chi connectivity index (χ1) is 12.5. The predicted octanol–water partition coefficient (Wildman–Crippen LogP) is 3.48. The molecule has 9 heteroatoms. The Balaban J connectivity index is 2.22. The highest BCUT2D eigenvalue weighted by atomic mass is 79.9. The standard InChI is InChI=1S/C18H23Br2N3O4/c1-18(2,3)17(26)27-23-7-5-6-13(23)16(25)22-14-11(15(24)21-4)8-10(19)9-12(14)20/h8-9,13H,5-7H2,1-4H3,(H,21,24)(H,22,25). The molecule has 0 saturated carbocycles. The lowest BCUT2D eigenvalue weighted by Gasteiger charge is -2.26. The van der Waals surface area contributed by atoms with E-state index in [0.29, 0.717) is 33.2 Å². The zero-order valence-corrected chi connectivity index (χ0v) is 18.9. The van der Waals surface area contributed by atoms with Crippen molar-refractivity contribution in [2.75, 3.05) is 18.9 Å². The monoisotopic (exact) mass is 503 g/mol. The van der Waals surface area contributed by atoms with Crippen molar-refractivity contribution in [2.24, 2.45) is 5.41 Å². The van der Waals surface area contributed by atoms with Gasteiger partial charge in [-0.25, -0.2) is 4.79 Å². The van der Waals surface area contributed by atoms with Gasteiger partial charge in [-0.2, -0.15) is 0 Å². The normalized spacial score (nSPS) is 17.5. The quantitative estimate of drug-likeness (QED) is 0.655. The molecule has 148 valence electrons. The lowest BCUT2D eigenvalue weighted by atomic mass is 9.98. The molecule has 0 aromatic heterocycles. The zero-order valence-electron chi connectivity index (χ0n) is 15.7. The molecule has 1 saturated heterocycles. The number of amides is 2. The van der Waals surface area contributed by atoms with Crippen LogP contribution in [0.15, 0.2) is 21.1 Å². The molecule has 27 heavy (non-hydrogen) atoms. The lowest BCUT2D eigenvalue weighted by molar-refractivity contribution is -0.203. The van der Waals surface area contributed by atoms with Crippen LogP contribution in [-0.4, -0.2) is 42.5 Å². The smallest absolute Gasteiger partial charge is 0.330 e. The minimum atomic E-state index is -0.662. The topological polar surface area (TPSA) is 87.7 Å². The Labute approximate surface area is 175 Å². The van der Waals surface area contributed by atoms with Crippen LogP contribution in [0.25, 0.3) is 0 Å². The molecule has 2 rings (SSSR count). The third kappa shape index (κ3) is 5.30. The molecule has 7 nitrogen and oxygen atoms in total. The molecule has 1 unspecified atom stereocenters. The van der Waals surface area contributed by atoms with Gasteiger partial charge in [0, 0.05) is 22.5 Å². The molecule has 1 aliphatic rings. The second kappa shape index (κ2) is 8.70. The number of anilines is 1. The first-order valence-electron chi connectivity index (χ1n) is 8.55. The molecule has 0 radical (unpaired) electrons. The number of hydrogen-bond donors (Lipinski definition) is 2. The van der Waals surface area contributed by atoms with Crippen LogP contribution in [0.1, 0.15) is 44.0 Å². The molecule has 0 bridgehead atoms. The number of halogens is 2. The van der Waals surface area contributed by atoms with E-state index in [1.165, 1.54) is 12.1 Å². The SMILES string of the molecule is CNC(=O)c1cc(Br)cc(Br)c1NC(=O)C1CCCN1OC(=O)C(C)(C)C. The Morgan fingerprint density at radius 3 is 2.48 bits per heavy atom. The Morgan fingerprint density at radius 1 is 1.22 bits per heavy atom. The van der Waals surface area contributed by atoms with Gasteiger partial charge in [0.15, 0.2) is 0 Å². The number of carbonyl (C=O) groups excluding carboxylic acids is 3.